The maximum Gasteiger partial charge on any atom is 0.270 e. The number of rotatable bonds is 4. The Labute approximate surface area is 206 Å². The molecule has 0 amide bonds. The molecule has 9 nitrogen and oxygen atoms in total. The number of halogens is 1. The molecule has 176 valence electrons. The molecule has 3 aromatic heterocycles. The molecule has 4 heterocycles. The van der Waals surface area contributed by atoms with Crippen molar-refractivity contribution in [2.24, 2.45) is 0 Å². The van der Waals surface area contributed by atoms with E-state index in [9.17, 15) is 4.79 Å². The van der Waals surface area contributed by atoms with Crippen LogP contribution in [0.1, 0.15) is 0 Å². The lowest BCUT2D eigenvalue weighted by Gasteiger charge is -2.34. The molecule has 2 aromatic carbocycles. The lowest BCUT2D eigenvalue weighted by Crippen LogP contribution is -2.44. The number of nitrogens with one attached hydrogen (secondary N) is 1. The molecule has 1 saturated heterocycles. The highest BCUT2D eigenvalue weighted by Gasteiger charge is 2.17. The Kier molecular flexibility index (Phi) is 5.35. The van der Waals surface area contributed by atoms with E-state index in [1.807, 2.05) is 18.2 Å². The standard InChI is InChI=1S/C25H23ClN8O/c1-31-11-13-32(14-12-31)19-7-5-18(6-8-19)29-24-28-16-21-22(30-24)33-10-9-27-25(33)34(23(21)35)20-4-2-3-17(26)15-20/h2-10,15-16H,11-14H2,1H3,(H,28,29,30). The lowest BCUT2D eigenvalue weighted by atomic mass is 10.2. The van der Waals surface area contributed by atoms with Crippen LogP contribution in [0.5, 0.6) is 0 Å². The van der Waals surface area contributed by atoms with E-state index in [0.29, 0.717) is 33.5 Å². The van der Waals surface area contributed by atoms with Gasteiger partial charge in [0.15, 0.2) is 5.65 Å². The van der Waals surface area contributed by atoms with Crippen molar-refractivity contribution >= 4 is 45.7 Å². The van der Waals surface area contributed by atoms with Crippen molar-refractivity contribution in [2.45, 2.75) is 0 Å². The molecule has 0 saturated carbocycles. The van der Waals surface area contributed by atoms with E-state index >= 15 is 0 Å². The molecule has 0 unspecified atom stereocenters. The maximum absolute atomic E-state index is 13.4. The first kappa shape index (κ1) is 21.6. The van der Waals surface area contributed by atoms with Crippen molar-refractivity contribution in [1.82, 2.24) is 28.8 Å². The molecule has 0 aliphatic carbocycles. The summed E-state index contributed by atoms with van der Waals surface area (Å²) in [4.78, 5) is 31.6. The second kappa shape index (κ2) is 8.68. The Morgan fingerprint density at radius 2 is 1.77 bits per heavy atom. The van der Waals surface area contributed by atoms with Crippen LogP contribution < -0.4 is 15.8 Å². The van der Waals surface area contributed by atoms with Crippen LogP contribution in [0.4, 0.5) is 17.3 Å². The van der Waals surface area contributed by atoms with Crippen LogP contribution in [0.2, 0.25) is 5.02 Å². The summed E-state index contributed by atoms with van der Waals surface area (Å²) in [6.07, 6.45) is 4.97. The van der Waals surface area contributed by atoms with Gasteiger partial charge in [0.1, 0.15) is 5.39 Å². The van der Waals surface area contributed by atoms with E-state index in [2.05, 4.69) is 49.2 Å². The average molecular weight is 487 g/mol. The number of benzene rings is 2. The molecule has 1 aliphatic rings. The van der Waals surface area contributed by atoms with Gasteiger partial charge in [-0.1, -0.05) is 17.7 Å². The van der Waals surface area contributed by atoms with Crippen LogP contribution in [-0.2, 0) is 0 Å². The third-order valence-corrected chi connectivity index (χ3v) is 6.54. The average Bonchev–Trinajstić information content (AvgIpc) is 3.35. The third-order valence-electron chi connectivity index (χ3n) is 6.31. The molecule has 10 heteroatoms. The minimum Gasteiger partial charge on any atom is -0.369 e. The van der Waals surface area contributed by atoms with E-state index in [0.717, 1.165) is 31.9 Å². The Hall–Kier alpha value is -3.95. The number of imidazole rings is 1. The quantitative estimate of drug-likeness (QED) is 0.415. The van der Waals surface area contributed by atoms with E-state index < -0.39 is 0 Å². The lowest BCUT2D eigenvalue weighted by molar-refractivity contribution is 0.313. The first-order valence-electron chi connectivity index (χ1n) is 11.4. The van der Waals surface area contributed by atoms with Gasteiger partial charge in [0.2, 0.25) is 11.7 Å². The fraction of sp³-hybridized carbons (Fsp3) is 0.200. The van der Waals surface area contributed by atoms with Crippen LogP contribution in [-0.4, -0.2) is 62.0 Å². The number of aromatic nitrogens is 5. The van der Waals surface area contributed by atoms with Crippen molar-refractivity contribution < 1.29 is 0 Å². The van der Waals surface area contributed by atoms with Gasteiger partial charge in [-0.15, -0.1) is 0 Å². The highest BCUT2D eigenvalue weighted by molar-refractivity contribution is 6.30. The summed E-state index contributed by atoms with van der Waals surface area (Å²) in [5.41, 5.74) is 2.92. The second-order valence-electron chi connectivity index (χ2n) is 8.61. The van der Waals surface area contributed by atoms with Crippen molar-refractivity contribution in [3.63, 3.8) is 0 Å². The van der Waals surface area contributed by atoms with Gasteiger partial charge >= 0.3 is 0 Å². The second-order valence-corrected chi connectivity index (χ2v) is 9.05. The Balaban J connectivity index is 1.34. The van der Waals surface area contributed by atoms with Gasteiger partial charge in [-0.2, -0.15) is 4.98 Å². The Bertz CT molecular complexity index is 1590. The molecule has 1 aliphatic heterocycles. The van der Waals surface area contributed by atoms with Crippen molar-refractivity contribution in [1.29, 1.82) is 0 Å². The van der Waals surface area contributed by atoms with Gasteiger partial charge in [0.25, 0.3) is 5.56 Å². The summed E-state index contributed by atoms with van der Waals surface area (Å²) in [5.74, 6) is 0.852. The Morgan fingerprint density at radius 1 is 0.971 bits per heavy atom. The van der Waals surface area contributed by atoms with Crippen LogP contribution in [0.3, 0.4) is 0 Å². The summed E-state index contributed by atoms with van der Waals surface area (Å²) >= 11 is 6.17. The normalized spacial score (nSPS) is 14.6. The zero-order valence-electron chi connectivity index (χ0n) is 19.1. The van der Waals surface area contributed by atoms with Crippen LogP contribution in [0, 0.1) is 0 Å². The SMILES string of the molecule is CN1CCN(c2ccc(Nc3ncc4c(=O)n(-c5cccc(Cl)c5)c5nccn5c4n3)cc2)CC1. The zero-order chi connectivity index (χ0) is 23.9. The van der Waals surface area contributed by atoms with E-state index in [1.54, 1.807) is 41.2 Å². The minimum absolute atomic E-state index is 0.260. The molecule has 0 bridgehead atoms. The molecule has 5 aromatic rings. The predicted molar refractivity (Wildman–Crippen MR) is 138 cm³/mol. The van der Waals surface area contributed by atoms with Gasteiger partial charge < -0.3 is 15.1 Å². The highest BCUT2D eigenvalue weighted by atomic mass is 35.5. The van der Waals surface area contributed by atoms with Crippen molar-refractivity contribution in [3.05, 3.63) is 82.5 Å². The summed E-state index contributed by atoms with van der Waals surface area (Å²) in [5, 5.41) is 4.17. The predicted octanol–water partition coefficient (Wildman–Crippen LogP) is 3.58. The highest BCUT2D eigenvalue weighted by Crippen LogP contribution is 2.22. The fourth-order valence-electron chi connectivity index (χ4n) is 4.40. The molecule has 0 radical (unpaired) electrons. The molecule has 1 fully saturated rings. The van der Waals surface area contributed by atoms with Gasteiger partial charge in [-0.3, -0.25) is 9.20 Å². The van der Waals surface area contributed by atoms with Gasteiger partial charge in [-0.25, -0.2) is 14.5 Å². The van der Waals surface area contributed by atoms with Crippen LogP contribution >= 0.6 is 11.6 Å². The van der Waals surface area contributed by atoms with Gasteiger partial charge in [-0.05, 0) is 49.5 Å². The monoisotopic (exact) mass is 486 g/mol. The molecule has 1 N–H and O–H groups in total. The van der Waals surface area contributed by atoms with E-state index in [-0.39, 0.29) is 5.56 Å². The number of anilines is 3. The van der Waals surface area contributed by atoms with Gasteiger partial charge in [0, 0.05) is 61.2 Å². The summed E-state index contributed by atoms with van der Waals surface area (Å²) < 4.78 is 3.29. The Morgan fingerprint density at radius 3 is 2.54 bits per heavy atom. The molecular weight excluding hydrogens is 464 g/mol. The van der Waals surface area contributed by atoms with Gasteiger partial charge in [0.05, 0.1) is 5.69 Å². The van der Waals surface area contributed by atoms with E-state index in [1.165, 1.54) is 10.3 Å². The van der Waals surface area contributed by atoms with E-state index in [4.69, 9.17) is 11.6 Å². The minimum atomic E-state index is -0.260. The molecular formula is C25H23ClN8O. The number of likely N-dealkylation sites (N-methyl/N-ethyl adjacent to an activating group) is 1. The summed E-state index contributed by atoms with van der Waals surface area (Å²) in [6.45, 7) is 4.16. The first-order valence-corrected chi connectivity index (χ1v) is 11.8. The number of hydrogen-bond donors (Lipinski definition) is 1. The smallest absolute Gasteiger partial charge is 0.270 e. The van der Waals surface area contributed by atoms with Crippen LogP contribution in [0.15, 0.2) is 71.9 Å². The molecule has 0 atom stereocenters. The third kappa shape index (κ3) is 3.98. The molecule has 0 spiro atoms. The molecule has 35 heavy (non-hydrogen) atoms. The number of nitrogens with zero attached hydrogens (tertiary/aromatic N) is 7. The number of fused-ring (bicyclic) bond motifs is 3. The van der Waals surface area contributed by atoms with Crippen LogP contribution in [0.25, 0.3) is 22.5 Å². The first-order chi connectivity index (χ1) is 17.1. The largest absolute Gasteiger partial charge is 0.369 e. The summed E-state index contributed by atoms with van der Waals surface area (Å²) in [6, 6.07) is 15.3. The number of piperazine rings is 1. The molecule has 6 rings (SSSR count). The zero-order valence-corrected chi connectivity index (χ0v) is 19.9. The maximum atomic E-state index is 13.4. The topological polar surface area (TPSA) is 83.6 Å². The number of hydrogen-bond acceptors (Lipinski definition) is 7. The van der Waals surface area contributed by atoms with Crippen molar-refractivity contribution in [2.75, 3.05) is 43.4 Å². The fourth-order valence-corrected chi connectivity index (χ4v) is 4.59. The summed E-state index contributed by atoms with van der Waals surface area (Å²) in [7, 11) is 2.15. The van der Waals surface area contributed by atoms with Crippen molar-refractivity contribution in [3.8, 4) is 5.69 Å².